The van der Waals surface area contributed by atoms with E-state index < -0.39 is 0 Å². The molecule has 0 radical (unpaired) electrons. The molecule has 0 fully saturated rings. The summed E-state index contributed by atoms with van der Waals surface area (Å²) in [6.07, 6.45) is 8.77. The largest absolute Gasteiger partial charge is 0.493 e. The molecule has 3 nitrogen and oxygen atoms in total. The van der Waals surface area contributed by atoms with E-state index in [0.717, 1.165) is 6.42 Å². The highest BCUT2D eigenvalue weighted by Crippen LogP contribution is 2.22. The number of carbonyl (C=O) groups is 1. The van der Waals surface area contributed by atoms with Crippen molar-refractivity contribution in [2.75, 3.05) is 12.3 Å². The Balaban J connectivity index is 2.27. The number of ether oxygens (including phenoxy) is 1. The van der Waals surface area contributed by atoms with Gasteiger partial charge in [0.15, 0.2) is 5.78 Å². The second kappa shape index (κ2) is 9.40. The Morgan fingerprint density at radius 2 is 1.75 bits per heavy atom. The third-order valence-corrected chi connectivity index (χ3v) is 3.39. The molecule has 0 bridgehead atoms. The Morgan fingerprint density at radius 3 is 2.40 bits per heavy atom. The quantitative estimate of drug-likeness (QED) is 0.386. The fourth-order valence-electron chi connectivity index (χ4n) is 2.19. The van der Waals surface area contributed by atoms with Crippen LogP contribution < -0.4 is 10.5 Å². The minimum absolute atomic E-state index is 0.00753. The average Bonchev–Trinajstić information content (AvgIpc) is 2.43. The highest BCUT2D eigenvalue weighted by Gasteiger charge is 2.08. The van der Waals surface area contributed by atoms with Crippen LogP contribution in [-0.4, -0.2) is 12.4 Å². The van der Waals surface area contributed by atoms with Gasteiger partial charge in [-0.1, -0.05) is 45.4 Å². The van der Waals surface area contributed by atoms with E-state index in [2.05, 4.69) is 6.92 Å². The van der Waals surface area contributed by atoms with E-state index in [0.29, 0.717) is 23.6 Å². The standard InChI is InChI=1S/C17H27NO2/c1-3-4-5-6-7-8-9-12-20-17-11-10-15(18)13-16(17)14(2)19/h10-11,13H,3-9,12,18H2,1-2H3. The lowest BCUT2D eigenvalue weighted by molar-refractivity contribution is 0.101. The average molecular weight is 277 g/mol. The molecule has 0 atom stereocenters. The molecule has 112 valence electrons. The van der Waals surface area contributed by atoms with Crippen LogP contribution in [0.2, 0.25) is 0 Å². The molecular weight excluding hydrogens is 250 g/mol. The third-order valence-electron chi connectivity index (χ3n) is 3.39. The van der Waals surface area contributed by atoms with Crippen molar-refractivity contribution in [2.45, 2.75) is 58.8 Å². The van der Waals surface area contributed by atoms with Gasteiger partial charge in [0.1, 0.15) is 5.75 Å². The van der Waals surface area contributed by atoms with Gasteiger partial charge in [-0.3, -0.25) is 4.79 Å². The molecule has 0 unspecified atom stereocenters. The summed E-state index contributed by atoms with van der Waals surface area (Å²) >= 11 is 0. The Hall–Kier alpha value is -1.51. The maximum atomic E-state index is 11.5. The number of ketones is 1. The van der Waals surface area contributed by atoms with E-state index in [4.69, 9.17) is 10.5 Å². The van der Waals surface area contributed by atoms with Crippen LogP contribution in [0.4, 0.5) is 5.69 Å². The number of hydrogen-bond acceptors (Lipinski definition) is 3. The highest BCUT2D eigenvalue weighted by molar-refractivity contribution is 5.97. The molecule has 0 saturated carbocycles. The van der Waals surface area contributed by atoms with Crippen LogP contribution in [0, 0.1) is 0 Å². The summed E-state index contributed by atoms with van der Waals surface area (Å²) in [5.41, 5.74) is 6.86. The summed E-state index contributed by atoms with van der Waals surface area (Å²) < 4.78 is 5.70. The van der Waals surface area contributed by atoms with Crippen LogP contribution in [0.5, 0.6) is 5.75 Å². The lowest BCUT2D eigenvalue weighted by atomic mass is 10.1. The van der Waals surface area contributed by atoms with Gasteiger partial charge in [0.2, 0.25) is 0 Å². The van der Waals surface area contributed by atoms with Crippen molar-refractivity contribution in [2.24, 2.45) is 0 Å². The van der Waals surface area contributed by atoms with Crippen LogP contribution in [0.1, 0.15) is 69.2 Å². The van der Waals surface area contributed by atoms with Crippen molar-refractivity contribution >= 4 is 11.5 Å². The molecule has 1 aromatic carbocycles. The number of carbonyl (C=O) groups excluding carboxylic acids is 1. The number of nitrogen functional groups attached to an aromatic ring is 1. The third kappa shape index (κ3) is 6.09. The predicted octanol–water partition coefficient (Wildman–Crippen LogP) is 4.60. The fourth-order valence-corrected chi connectivity index (χ4v) is 2.19. The van der Waals surface area contributed by atoms with E-state index in [-0.39, 0.29) is 5.78 Å². The molecule has 0 aliphatic carbocycles. The van der Waals surface area contributed by atoms with E-state index in [1.54, 1.807) is 18.2 Å². The van der Waals surface area contributed by atoms with Crippen molar-refractivity contribution in [3.8, 4) is 5.75 Å². The summed E-state index contributed by atoms with van der Waals surface area (Å²) in [6.45, 7) is 4.43. The molecule has 2 N–H and O–H groups in total. The molecule has 0 heterocycles. The summed E-state index contributed by atoms with van der Waals surface area (Å²) in [4.78, 5) is 11.5. The Bertz CT molecular complexity index is 415. The molecule has 0 saturated heterocycles. The van der Waals surface area contributed by atoms with Crippen LogP contribution in [-0.2, 0) is 0 Å². The number of anilines is 1. The smallest absolute Gasteiger partial charge is 0.163 e. The SMILES string of the molecule is CCCCCCCCCOc1ccc(N)cc1C(C)=O. The number of rotatable bonds is 10. The van der Waals surface area contributed by atoms with Gasteiger partial charge in [0.25, 0.3) is 0 Å². The van der Waals surface area contributed by atoms with Crippen molar-refractivity contribution < 1.29 is 9.53 Å². The van der Waals surface area contributed by atoms with Crippen LogP contribution in [0.15, 0.2) is 18.2 Å². The van der Waals surface area contributed by atoms with Crippen LogP contribution in [0.25, 0.3) is 0 Å². The zero-order valence-corrected chi connectivity index (χ0v) is 12.8. The molecule has 20 heavy (non-hydrogen) atoms. The first kappa shape index (κ1) is 16.5. The summed E-state index contributed by atoms with van der Waals surface area (Å²) in [5, 5.41) is 0. The zero-order valence-electron chi connectivity index (χ0n) is 12.8. The topological polar surface area (TPSA) is 52.3 Å². The maximum Gasteiger partial charge on any atom is 0.163 e. The van der Waals surface area contributed by atoms with Gasteiger partial charge in [0, 0.05) is 5.69 Å². The Morgan fingerprint density at radius 1 is 1.10 bits per heavy atom. The summed E-state index contributed by atoms with van der Waals surface area (Å²) in [6, 6.07) is 5.24. The Labute approximate surface area is 122 Å². The van der Waals surface area contributed by atoms with Crippen molar-refractivity contribution in [1.82, 2.24) is 0 Å². The first-order valence-corrected chi connectivity index (χ1v) is 7.68. The molecule has 0 aliphatic rings. The van der Waals surface area contributed by atoms with Gasteiger partial charge >= 0.3 is 0 Å². The highest BCUT2D eigenvalue weighted by atomic mass is 16.5. The normalized spacial score (nSPS) is 10.5. The fraction of sp³-hybridized carbons (Fsp3) is 0.588. The van der Waals surface area contributed by atoms with E-state index in [1.165, 1.54) is 45.4 Å². The van der Waals surface area contributed by atoms with E-state index in [9.17, 15) is 4.79 Å². The first-order chi connectivity index (χ1) is 9.65. The van der Waals surface area contributed by atoms with Gasteiger partial charge in [-0.15, -0.1) is 0 Å². The van der Waals surface area contributed by atoms with Gasteiger partial charge in [-0.2, -0.15) is 0 Å². The second-order valence-corrected chi connectivity index (χ2v) is 5.28. The van der Waals surface area contributed by atoms with Crippen LogP contribution in [0.3, 0.4) is 0 Å². The summed E-state index contributed by atoms with van der Waals surface area (Å²) in [7, 11) is 0. The lowest BCUT2D eigenvalue weighted by Gasteiger charge is -2.10. The molecule has 1 aromatic rings. The van der Waals surface area contributed by atoms with E-state index in [1.807, 2.05) is 0 Å². The maximum absolute atomic E-state index is 11.5. The van der Waals surface area contributed by atoms with Crippen molar-refractivity contribution in [1.29, 1.82) is 0 Å². The van der Waals surface area contributed by atoms with Gasteiger partial charge < -0.3 is 10.5 Å². The minimum Gasteiger partial charge on any atom is -0.493 e. The zero-order chi connectivity index (χ0) is 14.8. The van der Waals surface area contributed by atoms with Crippen molar-refractivity contribution in [3.63, 3.8) is 0 Å². The van der Waals surface area contributed by atoms with Crippen LogP contribution >= 0.6 is 0 Å². The molecule has 0 aromatic heterocycles. The lowest BCUT2D eigenvalue weighted by Crippen LogP contribution is -2.04. The molecule has 1 rings (SSSR count). The number of hydrogen-bond donors (Lipinski definition) is 1. The number of nitrogens with two attached hydrogens (primary N) is 1. The number of unbranched alkanes of at least 4 members (excludes halogenated alkanes) is 6. The molecule has 0 amide bonds. The monoisotopic (exact) mass is 277 g/mol. The predicted molar refractivity (Wildman–Crippen MR) is 84.3 cm³/mol. The molecule has 3 heteroatoms. The molecular formula is C17H27NO2. The number of benzene rings is 1. The summed E-state index contributed by atoms with van der Waals surface area (Å²) in [5.74, 6) is 0.643. The Kier molecular flexibility index (Phi) is 7.78. The van der Waals surface area contributed by atoms with E-state index >= 15 is 0 Å². The van der Waals surface area contributed by atoms with Gasteiger partial charge in [0.05, 0.1) is 12.2 Å². The molecule has 0 spiro atoms. The van der Waals surface area contributed by atoms with Gasteiger partial charge in [-0.25, -0.2) is 0 Å². The van der Waals surface area contributed by atoms with Gasteiger partial charge in [-0.05, 0) is 31.5 Å². The first-order valence-electron chi connectivity index (χ1n) is 7.68. The molecule has 0 aliphatic heterocycles. The second-order valence-electron chi connectivity index (χ2n) is 5.28. The number of Topliss-reactive ketones (excluding diaryl/α,β-unsaturated/α-hetero) is 1. The minimum atomic E-state index is -0.00753. The van der Waals surface area contributed by atoms with Crippen molar-refractivity contribution in [3.05, 3.63) is 23.8 Å².